The van der Waals surface area contributed by atoms with Crippen molar-refractivity contribution in [2.75, 3.05) is 5.32 Å². The molecule has 0 bridgehead atoms. The minimum absolute atomic E-state index is 0.0857. The number of halogens is 1. The predicted molar refractivity (Wildman–Crippen MR) is 104 cm³/mol. The maximum absolute atomic E-state index is 12.5. The SMILES string of the molecule is Cc1cc(C)c(NCc2nnc3n(C)c(=O)c4ccccc4n23)c(Cl)c1. The fourth-order valence-electron chi connectivity index (χ4n) is 3.31. The van der Waals surface area contributed by atoms with E-state index in [0.29, 0.717) is 28.6 Å². The van der Waals surface area contributed by atoms with Gasteiger partial charge in [-0.05, 0) is 43.2 Å². The molecule has 0 unspecified atom stereocenters. The van der Waals surface area contributed by atoms with Crippen molar-refractivity contribution in [3.05, 3.63) is 68.7 Å². The second-order valence-corrected chi connectivity index (χ2v) is 6.83. The van der Waals surface area contributed by atoms with E-state index in [1.807, 2.05) is 48.6 Å². The van der Waals surface area contributed by atoms with Crippen molar-refractivity contribution in [3.63, 3.8) is 0 Å². The lowest BCUT2D eigenvalue weighted by Gasteiger charge is -2.13. The monoisotopic (exact) mass is 367 g/mol. The molecule has 4 aromatic rings. The summed E-state index contributed by atoms with van der Waals surface area (Å²) in [4.78, 5) is 12.5. The molecule has 0 radical (unpaired) electrons. The molecule has 0 fully saturated rings. The van der Waals surface area contributed by atoms with Gasteiger partial charge >= 0.3 is 0 Å². The van der Waals surface area contributed by atoms with Crippen LogP contribution in [0.25, 0.3) is 16.7 Å². The van der Waals surface area contributed by atoms with Crippen LogP contribution in [0, 0.1) is 13.8 Å². The number of benzene rings is 2. The fraction of sp³-hybridized carbons (Fsp3) is 0.211. The first kappa shape index (κ1) is 16.6. The minimum Gasteiger partial charge on any atom is -0.376 e. The zero-order valence-corrected chi connectivity index (χ0v) is 15.5. The number of nitrogens with zero attached hydrogens (tertiary/aromatic N) is 4. The first-order chi connectivity index (χ1) is 12.5. The van der Waals surface area contributed by atoms with E-state index in [-0.39, 0.29) is 5.56 Å². The van der Waals surface area contributed by atoms with Crippen LogP contribution in [0.1, 0.15) is 17.0 Å². The smallest absolute Gasteiger partial charge is 0.262 e. The minimum atomic E-state index is -0.0857. The Labute approximate surface area is 155 Å². The molecule has 2 heterocycles. The highest BCUT2D eigenvalue weighted by Crippen LogP contribution is 2.27. The highest BCUT2D eigenvalue weighted by atomic mass is 35.5. The van der Waals surface area contributed by atoms with Crippen LogP contribution in [0.2, 0.25) is 5.02 Å². The van der Waals surface area contributed by atoms with Gasteiger partial charge in [-0.3, -0.25) is 13.8 Å². The number of hydrogen-bond donors (Lipinski definition) is 1. The molecule has 6 nitrogen and oxygen atoms in total. The molecule has 4 rings (SSSR count). The van der Waals surface area contributed by atoms with Crippen LogP contribution in [-0.2, 0) is 13.6 Å². The third kappa shape index (κ3) is 2.54. The standard InChI is InChI=1S/C19H18ClN5O/c1-11-8-12(2)17(14(20)9-11)21-10-16-22-23-19-24(3)18(26)13-6-4-5-7-15(13)25(16)19/h4-9,21H,10H2,1-3H3. The van der Waals surface area contributed by atoms with Crippen LogP contribution >= 0.6 is 11.6 Å². The summed E-state index contributed by atoms with van der Waals surface area (Å²) in [5.74, 6) is 1.22. The van der Waals surface area contributed by atoms with Gasteiger partial charge in [-0.15, -0.1) is 10.2 Å². The summed E-state index contributed by atoms with van der Waals surface area (Å²) in [6, 6.07) is 11.5. The molecule has 2 aromatic heterocycles. The first-order valence-corrected chi connectivity index (χ1v) is 8.67. The molecular weight excluding hydrogens is 350 g/mol. The molecule has 132 valence electrons. The number of rotatable bonds is 3. The normalized spacial score (nSPS) is 11.4. The molecule has 1 N–H and O–H groups in total. The average molecular weight is 368 g/mol. The Morgan fingerprint density at radius 3 is 2.69 bits per heavy atom. The van der Waals surface area contributed by atoms with E-state index in [0.717, 1.165) is 22.3 Å². The Kier molecular flexibility index (Phi) is 3.92. The lowest BCUT2D eigenvalue weighted by molar-refractivity contribution is 0.855. The number of aromatic nitrogens is 4. The summed E-state index contributed by atoms with van der Waals surface area (Å²) in [5, 5.41) is 13.2. The molecule has 2 aromatic carbocycles. The molecule has 0 spiro atoms. The van der Waals surface area contributed by atoms with Gasteiger partial charge < -0.3 is 5.32 Å². The Balaban J connectivity index is 1.83. The summed E-state index contributed by atoms with van der Waals surface area (Å²) in [6.45, 7) is 4.47. The molecule has 26 heavy (non-hydrogen) atoms. The Morgan fingerprint density at radius 2 is 1.92 bits per heavy atom. The van der Waals surface area contributed by atoms with Crippen molar-refractivity contribution in [3.8, 4) is 0 Å². The van der Waals surface area contributed by atoms with Crippen molar-refractivity contribution < 1.29 is 0 Å². The molecule has 0 aliphatic rings. The zero-order chi connectivity index (χ0) is 18.4. The summed E-state index contributed by atoms with van der Waals surface area (Å²) in [7, 11) is 1.71. The molecule has 7 heteroatoms. The molecule has 0 atom stereocenters. The maximum atomic E-state index is 12.5. The predicted octanol–water partition coefficient (Wildman–Crippen LogP) is 3.46. The molecular formula is C19H18ClN5O. The summed E-state index contributed by atoms with van der Waals surface area (Å²) in [6.07, 6.45) is 0. The van der Waals surface area contributed by atoms with Crippen LogP contribution in [-0.4, -0.2) is 19.2 Å². The van der Waals surface area contributed by atoms with Crippen LogP contribution in [0.5, 0.6) is 0 Å². The molecule has 0 aliphatic carbocycles. The number of fused-ring (bicyclic) bond motifs is 3. The lowest BCUT2D eigenvalue weighted by atomic mass is 10.1. The molecule has 0 aliphatic heterocycles. The number of anilines is 1. The number of hydrogen-bond acceptors (Lipinski definition) is 4. The van der Waals surface area contributed by atoms with Crippen molar-refractivity contribution in [2.45, 2.75) is 20.4 Å². The van der Waals surface area contributed by atoms with Crippen LogP contribution < -0.4 is 10.9 Å². The molecule has 0 amide bonds. The van der Waals surface area contributed by atoms with Crippen LogP contribution in [0.3, 0.4) is 0 Å². The lowest BCUT2D eigenvalue weighted by Crippen LogP contribution is -2.20. The van der Waals surface area contributed by atoms with Gasteiger partial charge in [0.05, 0.1) is 28.2 Å². The largest absolute Gasteiger partial charge is 0.376 e. The molecule has 0 saturated carbocycles. The van der Waals surface area contributed by atoms with Gasteiger partial charge in [-0.1, -0.05) is 29.8 Å². The Morgan fingerprint density at radius 1 is 1.15 bits per heavy atom. The first-order valence-electron chi connectivity index (χ1n) is 8.29. The van der Waals surface area contributed by atoms with E-state index in [1.54, 1.807) is 7.05 Å². The van der Waals surface area contributed by atoms with E-state index in [2.05, 4.69) is 21.6 Å². The number of aryl methyl sites for hydroxylation is 3. The van der Waals surface area contributed by atoms with Gasteiger partial charge in [0.15, 0.2) is 5.82 Å². The fourth-order valence-corrected chi connectivity index (χ4v) is 3.70. The number of nitrogens with one attached hydrogen (secondary N) is 1. The van der Waals surface area contributed by atoms with Crippen molar-refractivity contribution in [1.29, 1.82) is 0 Å². The van der Waals surface area contributed by atoms with E-state index in [9.17, 15) is 4.79 Å². The van der Waals surface area contributed by atoms with Gasteiger partial charge in [-0.2, -0.15) is 0 Å². The van der Waals surface area contributed by atoms with Gasteiger partial charge in [-0.25, -0.2) is 0 Å². The highest BCUT2D eigenvalue weighted by molar-refractivity contribution is 6.33. The van der Waals surface area contributed by atoms with Gasteiger partial charge in [0, 0.05) is 7.05 Å². The van der Waals surface area contributed by atoms with Crippen LogP contribution in [0.15, 0.2) is 41.2 Å². The zero-order valence-electron chi connectivity index (χ0n) is 14.7. The Hall–Kier alpha value is -2.86. The highest BCUT2D eigenvalue weighted by Gasteiger charge is 2.15. The van der Waals surface area contributed by atoms with E-state index in [4.69, 9.17) is 11.6 Å². The quantitative estimate of drug-likeness (QED) is 0.602. The third-order valence-corrected chi connectivity index (χ3v) is 4.85. The summed E-state index contributed by atoms with van der Waals surface area (Å²) < 4.78 is 3.42. The van der Waals surface area contributed by atoms with Crippen molar-refractivity contribution >= 4 is 34.0 Å². The number of para-hydroxylation sites is 1. The average Bonchev–Trinajstić information content (AvgIpc) is 3.03. The van der Waals surface area contributed by atoms with Crippen molar-refractivity contribution in [1.82, 2.24) is 19.2 Å². The second kappa shape index (κ2) is 6.14. The second-order valence-electron chi connectivity index (χ2n) is 6.43. The van der Waals surface area contributed by atoms with Gasteiger partial charge in [0.25, 0.3) is 5.56 Å². The van der Waals surface area contributed by atoms with Gasteiger partial charge in [0.2, 0.25) is 5.78 Å². The van der Waals surface area contributed by atoms with Gasteiger partial charge in [0.1, 0.15) is 0 Å². The van der Waals surface area contributed by atoms with E-state index < -0.39 is 0 Å². The van der Waals surface area contributed by atoms with E-state index in [1.165, 1.54) is 4.57 Å². The third-order valence-electron chi connectivity index (χ3n) is 4.55. The Bertz CT molecular complexity index is 1180. The maximum Gasteiger partial charge on any atom is 0.262 e. The van der Waals surface area contributed by atoms with Crippen molar-refractivity contribution in [2.24, 2.45) is 7.05 Å². The molecule has 0 saturated heterocycles. The topological polar surface area (TPSA) is 64.2 Å². The summed E-state index contributed by atoms with van der Waals surface area (Å²) in [5.41, 5.74) is 3.77. The van der Waals surface area contributed by atoms with Crippen LogP contribution in [0.4, 0.5) is 5.69 Å². The van der Waals surface area contributed by atoms with E-state index >= 15 is 0 Å². The summed E-state index contributed by atoms with van der Waals surface area (Å²) >= 11 is 6.38.